The van der Waals surface area contributed by atoms with Crippen LogP contribution < -0.4 is 4.74 Å². The Hall–Kier alpha value is -1.51. The molecule has 0 aliphatic heterocycles. The normalized spacial score (nSPS) is 13.0. The molecule has 0 saturated carbocycles. The van der Waals surface area contributed by atoms with Gasteiger partial charge in [0.25, 0.3) is 0 Å². The second-order valence-electron chi connectivity index (χ2n) is 3.48. The second kappa shape index (κ2) is 3.93. The van der Waals surface area contributed by atoms with Gasteiger partial charge in [-0.15, -0.1) is 0 Å². The van der Waals surface area contributed by atoms with Crippen molar-refractivity contribution in [3.8, 4) is 5.75 Å². The molecular formula is C12H14FNO. The van der Waals surface area contributed by atoms with Crippen LogP contribution in [0.3, 0.4) is 0 Å². The zero-order valence-corrected chi connectivity index (χ0v) is 8.90. The van der Waals surface area contributed by atoms with Gasteiger partial charge in [0, 0.05) is 25.7 Å². The predicted octanol–water partition coefficient (Wildman–Crippen LogP) is 3.36. The number of halogens is 1. The van der Waals surface area contributed by atoms with E-state index in [1.165, 1.54) is 6.92 Å². The van der Waals surface area contributed by atoms with Crippen molar-refractivity contribution < 1.29 is 9.13 Å². The van der Waals surface area contributed by atoms with Crippen LogP contribution in [0.1, 0.15) is 13.8 Å². The molecule has 0 N–H and O–H groups in total. The third-order valence-electron chi connectivity index (χ3n) is 2.38. The van der Waals surface area contributed by atoms with Crippen molar-refractivity contribution in [3.05, 3.63) is 30.5 Å². The average Bonchev–Trinajstić information content (AvgIpc) is 2.59. The Labute approximate surface area is 88.3 Å². The van der Waals surface area contributed by atoms with E-state index in [2.05, 4.69) is 11.5 Å². The first-order chi connectivity index (χ1) is 7.20. The number of benzene rings is 1. The molecule has 0 bridgehead atoms. The van der Waals surface area contributed by atoms with Crippen molar-refractivity contribution in [1.29, 1.82) is 0 Å². The molecule has 0 radical (unpaired) electrons. The topological polar surface area (TPSA) is 14.2 Å². The lowest BCUT2D eigenvalue weighted by Crippen LogP contribution is -2.03. The molecule has 0 fully saturated rings. The Bertz CT molecular complexity index is 462. The minimum absolute atomic E-state index is 0.575. The number of hydrogen-bond donors (Lipinski definition) is 0. The van der Waals surface area contributed by atoms with E-state index in [0.29, 0.717) is 5.75 Å². The van der Waals surface area contributed by atoms with E-state index >= 15 is 0 Å². The molecule has 80 valence electrons. The van der Waals surface area contributed by atoms with E-state index < -0.39 is 6.36 Å². The standard InChI is InChI=1S/C12H14FNO/c1-3-14-7-6-10-4-5-11(8-12(10)14)15-9(2)13/h4-9H,3H2,1-2H3. The number of aromatic nitrogens is 1. The van der Waals surface area contributed by atoms with Crippen LogP contribution in [-0.2, 0) is 6.54 Å². The van der Waals surface area contributed by atoms with Gasteiger partial charge in [-0.3, -0.25) is 0 Å². The summed E-state index contributed by atoms with van der Waals surface area (Å²) in [5.74, 6) is 0.575. The summed E-state index contributed by atoms with van der Waals surface area (Å²) in [6.45, 7) is 4.35. The Kier molecular flexibility index (Phi) is 2.62. The molecule has 1 atom stereocenters. The maximum Gasteiger partial charge on any atom is 0.235 e. The fourth-order valence-corrected chi connectivity index (χ4v) is 1.70. The van der Waals surface area contributed by atoms with Gasteiger partial charge in [-0.1, -0.05) is 0 Å². The maximum atomic E-state index is 12.7. The molecule has 1 unspecified atom stereocenters. The highest BCUT2D eigenvalue weighted by Crippen LogP contribution is 2.22. The Morgan fingerprint density at radius 3 is 2.87 bits per heavy atom. The highest BCUT2D eigenvalue weighted by molar-refractivity contribution is 5.81. The quantitative estimate of drug-likeness (QED) is 0.752. The number of fused-ring (bicyclic) bond motifs is 1. The van der Waals surface area contributed by atoms with Gasteiger partial charge in [0.1, 0.15) is 5.75 Å². The molecule has 2 aromatic rings. The first kappa shape index (κ1) is 10.0. The van der Waals surface area contributed by atoms with Crippen molar-refractivity contribution >= 4 is 10.9 Å². The fraction of sp³-hybridized carbons (Fsp3) is 0.333. The first-order valence-corrected chi connectivity index (χ1v) is 5.10. The van der Waals surface area contributed by atoms with E-state index in [1.54, 1.807) is 6.07 Å². The van der Waals surface area contributed by atoms with Crippen LogP contribution >= 0.6 is 0 Å². The van der Waals surface area contributed by atoms with Gasteiger partial charge in [0.15, 0.2) is 0 Å². The molecule has 0 aliphatic rings. The highest BCUT2D eigenvalue weighted by atomic mass is 19.1. The van der Waals surface area contributed by atoms with Crippen molar-refractivity contribution in [2.24, 2.45) is 0 Å². The molecule has 0 aliphatic carbocycles. The first-order valence-electron chi connectivity index (χ1n) is 5.10. The number of nitrogens with zero attached hydrogens (tertiary/aromatic N) is 1. The molecule has 2 nitrogen and oxygen atoms in total. The zero-order chi connectivity index (χ0) is 10.8. The maximum absolute atomic E-state index is 12.7. The Morgan fingerprint density at radius 1 is 1.40 bits per heavy atom. The predicted molar refractivity (Wildman–Crippen MR) is 58.8 cm³/mol. The Balaban J connectivity index is 2.43. The van der Waals surface area contributed by atoms with Gasteiger partial charge in [-0.2, -0.15) is 0 Å². The van der Waals surface area contributed by atoms with Crippen molar-refractivity contribution in [2.75, 3.05) is 0 Å². The average molecular weight is 207 g/mol. The minimum atomic E-state index is -1.27. The molecule has 1 heterocycles. The Morgan fingerprint density at radius 2 is 2.20 bits per heavy atom. The summed E-state index contributed by atoms with van der Waals surface area (Å²) in [4.78, 5) is 0. The van der Waals surface area contributed by atoms with Gasteiger partial charge in [-0.25, -0.2) is 4.39 Å². The molecule has 0 spiro atoms. The molecule has 1 aromatic heterocycles. The molecular weight excluding hydrogens is 193 g/mol. The van der Waals surface area contributed by atoms with Crippen molar-refractivity contribution in [2.45, 2.75) is 26.7 Å². The molecule has 1 aromatic carbocycles. The third-order valence-corrected chi connectivity index (χ3v) is 2.38. The lowest BCUT2D eigenvalue weighted by molar-refractivity contribution is 0.0862. The summed E-state index contributed by atoms with van der Waals surface area (Å²) in [6.07, 6.45) is 0.750. The number of ether oxygens (including phenoxy) is 1. The van der Waals surface area contributed by atoms with Crippen molar-refractivity contribution in [1.82, 2.24) is 4.57 Å². The number of aryl methyl sites for hydroxylation is 1. The molecule has 3 heteroatoms. The molecule has 0 amide bonds. The summed E-state index contributed by atoms with van der Waals surface area (Å²) in [5, 5.41) is 1.15. The summed E-state index contributed by atoms with van der Waals surface area (Å²) < 4.78 is 19.8. The van der Waals surface area contributed by atoms with Crippen LogP contribution in [0.4, 0.5) is 4.39 Å². The fourth-order valence-electron chi connectivity index (χ4n) is 1.70. The van der Waals surface area contributed by atoms with E-state index in [9.17, 15) is 4.39 Å². The SMILES string of the molecule is CCn1ccc2ccc(OC(C)F)cc21. The second-order valence-corrected chi connectivity index (χ2v) is 3.48. The highest BCUT2D eigenvalue weighted by Gasteiger charge is 2.04. The summed E-state index contributed by atoms with van der Waals surface area (Å²) in [5.41, 5.74) is 1.08. The zero-order valence-electron chi connectivity index (χ0n) is 8.90. The monoisotopic (exact) mass is 207 g/mol. The van der Waals surface area contributed by atoms with Crippen molar-refractivity contribution in [3.63, 3.8) is 0 Å². The molecule has 15 heavy (non-hydrogen) atoms. The largest absolute Gasteiger partial charge is 0.461 e. The summed E-state index contributed by atoms with van der Waals surface area (Å²) in [6, 6.07) is 7.65. The van der Waals surface area contributed by atoms with E-state index in [4.69, 9.17) is 4.74 Å². The van der Waals surface area contributed by atoms with Crippen LogP contribution in [0.15, 0.2) is 30.5 Å². The van der Waals surface area contributed by atoms with Gasteiger partial charge in [0.2, 0.25) is 6.36 Å². The van der Waals surface area contributed by atoms with Gasteiger partial charge in [0.05, 0.1) is 5.52 Å². The van der Waals surface area contributed by atoms with E-state index in [0.717, 1.165) is 17.4 Å². The van der Waals surface area contributed by atoms with E-state index in [1.807, 2.05) is 24.4 Å². The van der Waals surface area contributed by atoms with Crippen LogP contribution in [0.2, 0.25) is 0 Å². The van der Waals surface area contributed by atoms with Gasteiger partial charge in [-0.05, 0) is 30.5 Å². The molecule has 2 rings (SSSR count). The summed E-state index contributed by atoms with van der Waals surface area (Å²) >= 11 is 0. The number of rotatable bonds is 3. The third kappa shape index (κ3) is 1.96. The number of alkyl halides is 1. The minimum Gasteiger partial charge on any atom is -0.461 e. The van der Waals surface area contributed by atoms with Gasteiger partial charge >= 0.3 is 0 Å². The van der Waals surface area contributed by atoms with Crippen LogP contribution in [0.25, 0.3) is 10.9 Å². The van der Waals surface area contributed by atoms with E-state index in [-0.39, 0.29) is 0 Å². The van der Waals surface area contributed by atoms with Crippen LogP contribution in [0, 0.1) is 0 Å². The number of hydrogen-bond acceptors (Lipinski definition) is 1. The smallest absolute Gasteiger partial charge is 0.235 e. The van der Waals surface area contributed by atoms with Crippen LogP contribution in [-0.4, -0.2) is 10.9 Å². The van der Waals surface area contributed by atoms with Crippen LogP contribution in [0.5, 0.6) is 5.75 Å². The lowest BCUT2D eigenvalue weighted by Gasteiger charge is -2.07. The lowest BCUT2D eigenvalue weighted by atomic mass is 10.2. The van der Waals surface area contributed by atoms with Gasteiger partial charge < -0.3 is 9.30 Å². The molecule has 0 saturated heterocycles. The summed E-state index contributed by atoms with van der Waals surface area (Å²) in [7, 11) is 0.